The molecule has 0 atom stereocenters. The Balaban J connectivity index is 2.76. The summed E-state index contributed by atoms with van der Waals surface area (Å²) in [4.78, 5) is -0.626. The van der Waals surface area contributed by atoms with Crippen molar-refractivity contribution < 1.29 is 0 Å². The minimum absolute atomic E-state index is 0.612. The van der Waals surface area contributed by atoms with Crippen molar-refractivity contribution in [2.24, 2.45) is 0 Å². The third kappa shape index (κ3) is 1.60. The quantitative estimate of drug-likeness (QED) is 0.680. The van der Waals surface area contributed by atoms with Crippen molar-refractivity contribution in [3.63, 3.8) is 0 Å². The molecule has 0 aliphatic carbocycles. The molecule has 0 bridgehead atoms. The van der Waals surface area contributed by atoms with Gasteiger partial charge >= 0.3 is 0 Å². The van der Waals surface area contributed by atoms with E-state index in [9.17, 15) is 0 Å². The number of aromatic nitrogens is 2. The van der Waals surface area contributed by atoms with Crippen molar-refractivity contribution in [2.45, 2.75) is 4.84 Å². The summed E-state index contributed by atoms with van der Waals surface area (Å²) in [7, 11) is 0. The lowest BCUT2D eigenvalue weighted by Crippen LogP contribution is -1.92. The van der Waals surface area contributed by atoms with Crippen LogP contribution in [-0.2, 0) is 0 Å². The maximum Gasteiger partial charge on any atom is 0.152 e. The first kappa shape index (κ1) is 8.73. The number of alkyl halides is 2. The standard InChI is InChI=1S/C9H6Cl2N2/c10-9(11)8-7-4-2-1-3-6(7)5-12-13-8/h1-5,9H. The van der Waals surface area contributed by atoms with Gasteiger partial charge in [-0.3, -0.25) is 0 Å². The van der Waals surface area contributed by atoms with Crippen LogP contribution in [0.2, 0.25) is 0 Å². The lowest BCUT2D eigenvalue weighted by molar-refractivity contribution is 0.982. The van der Waals surface area contributed by atoms with Crippen LogP contribution in [0.3, 0.4) is 0 Å². The summed E-state index contributed by atoms with van der Waals surface area (Å²) in [5.74, 6) is 0. The number of fused-ring (bicyclic) bond motifs is 1. The first-order chi connectivity index (χ1) is 6.29. The molecule has 0 saturated heterocycles. The molecule has 0 saturated carbocycles. The zero-order chi connectivity index (χ0) is 9.26. The largest absolute Gasteiger partial charge is 0.158 e. The number of halogens is 2. The number of hydrogen-bond acceptors (Lipinski definition) is 2. The van der Waals surface area contributed by atoms with Crippen molar-refractivity contribution >= 4 is 34.0 Å². The van der Waals surface area contributed by atoms with E-state index < -0.39 is 4.84 Å². The van der Waals surface area contributed by atoms with Crippen LogP contribution in [-0.4, -0.2) is 10.2 Å². The predicted octanol–water partition coefficient (Wildman–Crippen LogP) is 3.11. The molecular formula is C9H6Cl2N2. The molecule has 0 amide bonds. The van der Waals surface area contributed by atoms with Crippen molar-refractivity contribution in [3.05, 3.63) is 36.2 Å². The van der Waals surface area contributed by atoms with E-state index in [2.05, 4.69) is 10.2 Å². The first-order valence-corrected chi connectivity index (χ1v) is 4.65. The van der Waals surface area contributed by atoms with E-state index in [1.807, 2.05) is 24.3 Å². The van der Waals surface area contributed by atoms with Crippen molar-refractivity contribution in [1.29, 1.82) is 0 Å². The van der Waals surface area contributed by atoms with E-state index in [4.69, 9.17) is 23.2 Å². The highest BCUT2D eigenvalue weighted by Crippen LogP contribution is 2.28. The van der Waals surface area contributed by atoms with Crippen LogP contribution in [0, 0.1) is 0 Å². The van der Waals surface area contributed by atoms with Crippen LogP contribution >= 0.6 is 23.2 Å². The topological polar surface area (TPSA) is 25.8 Å². The van der Waals surface area contributed by atoms with Gasteiger partial charge in [-0.15, -0.1) is 0 Å². The Hall–Kier alpha value is -0.860. The van der Waals surface area contributed by atoms with Crippen LogP contribution in [0.25, 0.3) is 10.8 Å². The molecule has 2 aromatic rings. The summed E-state index contributed by atoms with van der Waals surface area (Å²) in [6, 6.07) is 7.73. The average molecular weight is 213 g/mol. The van der Waals surface area contributed by atoms with Crippen LogP contribution in [0.1, 0.15) is 10.5 Å². The molecule has 0 aliphatic heterocycles. The van der Waals surface area contributed by atoms with Gasteiger partial charge in [0, 0.05) is 10.8 Å². The summed E-state index contributed by atoms with van der Waals surface area (Å²) in [5, 5.41) is 9.66. The maximum atomic E-state index is 5.75. The van der Waals surface area contributed by atoms with Gasteiger partial charge in [-0.05, 0) is 0 Å². The van der Waals surface area contributed by atoms with E-state index in [0.29, 0.717) is 5.69 Å². The van der Waals surface area contributed by atoms with Gasteiger partial charge in [-0.2, -0.15) is 10.2 Å². The van der Waals surface area contributed by atoms with E-state index in [1.54, 1.807) is 6.20 Å². The normalized spacial score (nSPS) is 11.0. The molecule has 0 N–H and O–H groups in total. The van der Waals surface area contributed by atoms with Crippen LogP contribution < -0.4 is 0 Å². The van der Waals surface area contributed by atoms with E-state index in [1.165, 1.54) is 0 Å². The summed E-state index contributed by atoms with van der Waals surface area (Å²) < 4.78 is 0. The van der Waals surface area contributed by atoms with Gasteiger partial charge in [-0.25, -0.2) is 0 Å². The van der Waals surface area contributed by atoms with Gasteiger partial charge in [0.05, 0.1) is 6.20 Å². The number of benzene rings is 1. The van der Waals surface area contributed by atoms with E-state index in [-0.39, 0.29) is 0 Å². The van der Waals surface area contributed by atoms with Crippen LogP contribution in [0.4, 0.5) is 0 Å². The summed E-state index contributed by atoms with van der Waals surface area (Å²) in [6.45, 7) is 0. The molecule has 1 aromatic carbocycles. The molecule has 2 nitrogen and oxygen atoms in total. The molecule has 0 aliphatic rings. The molecule has 0 fully saturated rings. The van der Waals surface area contributed by atoms with E-state index >= 15 is 0 Å². The molecule has 1 heterocycles. The number of nitrogens with zero attached hydrogens (tertiary/aromatic N) is 2. The minimum Gasteiger partial charge on any atom is -0.158 e. The molecule has 4 heteroatoms. The Labute approximate surface area is 85.5 Å². The molecule has 66 valence electrons. The molecule has 2 rings (SSSR count). The van der Waals surface area contributed by atoms with Crippen LogP contribution in [0.15, 0.2) is 30.5 Å². The second kappa shape index (κ2) is 3.48. The third-order valence-corrected chi connectivity index (χ3v) is 2.22. The smallest absolute Gasteiger partial charge is 0.152 e. The molecular weight excluding hydrogens is 207 g/mol. The average Bonchev–Trinajstić information content (AvgIpc) is 2.17. The maximum absolute atomic E-state index is 5.75. The van der Waals surface area contributed by atoms with Gasteiger partial charge in [0.25, 0.3) is 0 Å². The highest BCUT2D eigenvalue weighted by molar-refractivity contribution is 6.44. The second-order valence-corrected chi connectivity index (χ2v) is 3.71. The Bertz CT molecular complexity index is 423. The van der Waals surface area contributed by atoms with Gasteiger partial charge in [-0.1, -0.05) is 47.5 Å². The molecule has 0 spiro atoms. The van der Waals surface area contributed by atoms with Gasteiger partial charge < -0.3 is 0 Å². The number of hydrogen-bond donors (Lipinski definition) is 0. The highest BCUT2D eigenvalue weighted by atomic mass is 35.5. The SMILES string of the molecule is ClC(Cl)c1nncc2ccccc12. The fourth-order valence-electron chi connectivity index (χ4n) is 1.21. The first-order valence-electron chi connectivity index (χ1n) is 3.77. The second-order valence-electron chi connectivity index (χ2n) is 2.62. The molecule has 0 unspecified atom stereocenters. The fraction of sp³-hybridized carbons (Fsp3) is 0.111. The fourth-order valence-corrected chi connectivity index (χ4v) is 1.53. The summed E-state index contributed by atoms with van der Waals surface area (Å²) >= 11 is 11.5. The van der Waals surface area contributed by atoms with E-state index in [0.717, 1.165) is 10.8 Å². The monoisotopic (exact) mass is 212 g/mol. The lowest BCUT2D eigenvalue weighted by Gasteiger charge is -2.03. The molecule has 1 aromatic heterocycles. The zero-order valence-corrected chi connectivity index (χ0v) is 8.13. The molecule has 0 radical (unpaired) electrons. The zero-order valence-electron chi connectivity index (χ0n) is 6.61. The number of rotatable bonds is 1. The Kier molecular flexibility index (Phi) is 2.34. The predicted molar refractivity (Wildman–Crippen MR) is 54.0 cm³/mol. The minimum atomic E-state index is -0.626. The van der Waals surface area contributed by atoms with Crippen molar-refractivity contribution in [1.82, 2.24) is 10.2 Å². The Morgan fingerprint density at radius 1 is 1.15 bits per heavy atom. The van der Waals surface area contributed by atoms with Crippen molar-refractivity contribution in [2.75, 3.05) is 0 Å². The van der Waals surface area contributed by atoms with Gasteiger partial charge in [0.2, 0.25) is 0 Å². The Morgan fingerprint density at radius 3 is 2.69 bits per heavy atom. The Morgan fingerprint density at radius 2 is 1.92 bits per heavy atom. The summed E-state index contributed by atoms with van der Waals surface area (Å²) in [6.07, 6.45) is 1.69. The van der Waals surface area contributed by atoms with Gasteiger partial charge in [0.15, 0.2) is 4.84 Å². The lowest BCUT2D eigenvalue weighted by atomic mass is 10.1. The van der Waals surface area contributed by atoms with Crippen LogP contribution in [0.5, 0.6) is 0 Å². The highest BCUT2D eigenvalue weighted by Gasteiger charge is 2.09. The molecule has 13 heavy (non-hydrogen) atoms. The van der Waals surface area contributed by atoms with Crippen molar-refractivity contribution in [3.8, 4) is 0 Å². The van der Waals surface area contributed by atoms with Gasteiger partial charge in [0.1, 0.15) is 5.69 Å². The third-order valence-electron chi connectivity index (χ3n) is 1.81. The summed E-state index contributed by atoms with van der Waals surface area (Å²) in [5.41, 5.74) is 0.612.